The molecular formula is C14H20O4S. The van der Waals surface area contributed by atoms with Crippen LogP contribution in [0.1, 0.15) is 30.2 Å². The molecule has 0 aliphatic carbocycles. The molecule has 3 unspecified atom stereocenters. The molecule has 0 aromatic carbocycles. The van der Waals surface area contributed by atoms with Crippen LogP contribution in [0, 0.1) is 5.92 Å². The highest BCUT2D eigenvalue weighted by Crippen LogP contribution is 2.42. The van der Waals surface area contributed by atoms with Gasteiger partial charge in [-0.25, -0.2) is 0 Å². The zero-order valence-corrected chi connectivity index (χ0v) is 11.9. The van der Waals surface area contributed by atoms with Crippen LogP contribution < -0.4 is 4.74 Å². The first-order valence-electron chi connectivity index (χ1n) is 6.75. The van der Waals surface area contributed by atoms with Crippen LogP contribution in [0.25, 0.3) is 0 Å². The van der Waals surface area contributed by atoms with Gasteiger partial charge in [0.1, 0.15) is 5.75 Å². The summed E-state index contributed by atoms with van der Waals surface area (Å²) >= 11 is 1.56. The molecule has 19 heavy (non-hydrogen) atoms. The number of methoxy groups -OCH3 is 1. The fourth-order valence-corrected chi connectivity index (χ4v) is 3.96. The SMILES string of the molecule is COc1csc(C(O)C2CCOC3(CCOC3)C2)c1. The monoisotopic (exact) mass is 284 g/mol. The van der Waals surface area contributed by atoms with Gasteiger partial charge in [-0.3, -0.25) is 0 Å². The second-order valence-electron chi connectivity index (χ2n) is 5.42. The number of thiophene rings is 1. The molecule has 2 fully saturated rings. The molecule has 0 bridgehead atoms. The molecule has 106 valence electrons. The first-order chi connectivity index (χ1) is 9.22. The summed E-state index contributed by atoms with van der Waals surface area (Å²) in [6.07, 6.45) is 2.32. The zero-order valence-electron chi connectivity index (χ0n) is 11.1. The second kappa shape index (κ2) is 5.40. The minimum Gasteiger partial charge on any atom is -0.496 e. The van der Waals surface area contributed by atoms with Crippen molar-refractivity contribution in [2.75, 3.05) is 26.9 Å². The molecule has 3 heterocycles. The Bertz CT molecular complexity index is 425. The van der Waals surface area contributed by atoms with Gasteiger partial charge in [0.15, 0.2) is 0 Å². The highest BCUT2D eigenvalue weighted by atomic mass is 32.1. The summed E-state index contributed by atoms with van der Waals surface area (Å²) in [6, 6.07) is 1.93. The molecule has 1 spiro atoms. The topological polar surface area (TPSA) is 47.9 Å². The van der Waals surface area contributed by atoms with Gasteiger partial charge in [0.25, 0.3) is 0 Å². The summed E-state index contributed by atoms with van der Waals surface area (Å²) < 4.78 is 16.6. The van der Waals surface area contributed by atoms with E-state index in [9.17, 15) is 5.11 Å². The van der Waals surface area contributed by atoms with Gasteiger partial charge in [-0.2, -0.15) is 0 Å². The molecule has 1 N–H and O–H groups in total. The van der Waals surface area contributed by atoms with E-state index in [1.807, 2.05) is 11.4 Å². The van der Waals surface area contributed by atoms with Crippen LogP contribution in [0.2, 0.25) is 0 Å². The Kier molecular flexibility index (Phi) is 3.80. The Morgan fingerprint density at radius 1 is 1.53 bits per heavy atom. The van der Waals surface area contributed by atoms with Crippen LogP contribution in [0.4, 0.5) is 0 Å². The zero-order chi connectivity index (χ0) is 13.3. The molecular weight excluding hydrogens is 264 g/mol. The lowest BCUT2D eigenvalue weighted by atomic mass is 9.82. The Morgan fingerprint density at radius 3 is 3.11 bits per heavy atom. The lowest BCUT2D eigenvalue weighted by molar-refractivity contribution is -0.116. The normalized spacial score (nSPS) is 32.6. The fourth-order valence-electron chi connectivity index (χ4n) is 3.03. The van der Waals surface area contributed by atoms with Crippen molar-refractivity contribution in [3.8, 4) is 5.75 Å². The number of aliphatic hydroxyl groups is 1. The van der Waals surface area contributed by atoms with Crippen LogP contribution in [0.15, 0.2) is 11.4 Å². The van der Waals surface area contributed by atoms with E-state index < -0.39 is 6.10 Å². The van der Waals surface area contributed by atoms with Crippen molar-refractivity contribution >= 4 is 11.3 Å². The van der Waals surface area contributed by atoms with Crippen LogP contribution in [-0.4, -0.2) is 37.6 Å². The summed E-state index contributed by atoms with van der Waals surface area (Å²) in [4.78, 5) is 0.984. The molecule has 2 aliphatic rings. The highest BCUT2D eigenvalue weighted by Gasteiger charge is 2.43. The van der Waals surface area contributed by atoms with Gasteiger partial charge in [0.05, 0.1) is 25.4 Å². The predicted molar refractivity (Wildman–Crippen MR) is 72.7 cm³/mol. The van der Waals surface area contributed by atoms with Crippen molar-refractivity contribution in [1.29, 1.82) is 0 Å². The summed E-state index contributed by atoms with van der Waals surface area (Å²) in [6.45, 7) is 2.16. The van der Waals surface area contributed by atoms with Gasteiger partial charge < -0.3 is 19.3 Å². The first-order valence-corrected chi connectivity index (χ1v) is 7.63. The number of hydrogen-bond donors (Lipinski definition) is 1. The molecule has 2 aliphatic heterocycles. The highest BCUT2D eigenvalue weighted by molar-refractivity contribution is 7.10. The summed E-state index contributed by atoms with van der Waals surface area (Å²) in [7, 11) is 1.65. The van der Waals surface area contributed by atoms with E-state index in [2.05, 4.69) is 0 Å². The van der Waals surface area contributed by atoms with Gasteiger partial charge in [-0.05, 0) is 24.8 Å². The Hall–Kier alpha value is -0.620. The van der Waals surface area contributed by atoms with Crippen molar-refractivity contribution in [1.82, 2.24) is 0 Å². The van der Waals surface area contributed by atoms with E-state index in [4.69, 9.17) is 14.2 Å². The smallest absolute Gasteiger partial charge is 0.129 e. The lowest BCUT2D eigenvalue weighted by Gasteiger charge is -2.38. The van der Waals surface area contributed by atoms with Gasteiger partial charge in [0.2, 0.25) is 0 Å². The number of ether oxygens (including phenoxy) is 3. The number of aliphatic hydroxyl groups excluding tert-OH is 1. The van der Waals surface area contributed by atoms with E-state index in [-0.39, 0.29) is 11.5 Å². The average molecular weight is 284 g/mol. The Labute approximate surface area is 117 Å². The number of hydrogen-bond acceptors (Lipinski definition) is 5. The van der Waals surface area contributed by atoms with Gasteiger partial charge >= 0.3 is 0 Å². The van der Waals surface area contributed by atoms with Crippen molar-refractivity contribution in [2.24, 2.45) is 5.92 Å². The van der Waals surface area contributed by atoms with Crippen molar-refractivity contribution < 1.29 is 19.3 Å². The quantitative estimate of drug-likeness (QED) is 0.926. The number of rotatable bonds is 3. The molecule has 4 nitrogen and oxygen atoms in total. The third-order valence-electron chi connectivity index (χ3n) is 4.17. The van der Waals surface area contributed by atoms with Crippen molar-refractivity contribution in [3.05, 3.63) is 16.3 Å². The van der Waals surface area contributed by atoms with E-state index in [0.717, 1.165) is 36.5 Å². The standard InChI is InChI=1S/C14H20O4S/c1-16-11-6-12(19-8-11)13(15)10-2-4-18-14(7-10)3-5-17-9-14/h6,8,10,13,15H,2-5,7,9H2,1H3. The molecule has 2 saturated heterocycles. The first kappa shape index (κ1) is 13.4. The maximum atomic E-state index is 10.6. The summed E-state index contributed by atoms with van der Waals surface area (Å²) in [5.41, 5.74) is -0.148. The van der Waals surface area contributed by atoms with Crippen LogP contribution in [-0.2, 0) is 9.47 Å². The maximum Gasteiger partial charge on any atom is 0.129 e. The third kappa shape index (κ3) is 2.65. The molecule has 0 amide bonds. The molecule has 3 atom stereocenters. The minimum atomic E-state index is -0.421. The van der Waals surface area contributed by atoms with Gasteiger partial charge in [-0.1, -0.05) is 0 Å². The van der Waals surface area contributed by atoms with Crippen LogP contribution in [0.3, 0.4) is 0 Å². The molecule has 0 radical (unpaired) electrons. The summed E-state index contributed by atoms with van der Waals surface area (Å²) in [5, 5.41) is 12.5. The van der Waals surface area contributed by atoms with E-state index in [0.29, 0.717) is 13.2 Å². The van der Waals surface area contributed by atoms with E-state index in [1.165, 1.54) is 0 Å². The lowest BCUT2D eigenvalue weighted by Crippen LogP contribution is -2.41. The molecule has 1 aromatic heterocycles. The van der Waals surface area contributed by atoms with E-state index >= 15 is 0 Å². The largest absolute Gasteiger partial charge is 0.496 e. The minimum absolute atomic E-state index is 0.148. The molecule has 0 saturated carbocycles. The Morgan fingerprint density at radius 2 is 2.42 bits per heavy atom. The average Bonchev–Trinajstić information content (AvgIpc) is 3.07. The molecule has 5 heteroatoms. The van der Waals surface area contributed by atoms with Crippen LogP contribution >= 0.6 is 11.3 Å². The summed E-state index contributed by atoms with van der Waals surface area (Å²) in [5.74, 6) is 1.07. The van der Waals surface area contributed by atoms with Crippen molar-refractivity contribution in [3.63, 3.8) is 0 Å². The van der Waals surface area contributed by atoms with Crippen LogP contribution in [0.5, 0.6) is 5.75 Å². The van der Waals surface area contributed by atoms with Crippen molar-refractivity contribution in [2.45, 2.75) is 31.0 Å². The molecule has 3 rings (SSSR count). The fraction of sp³-hybridized carbons (Fsp3) is 0.714. The molecule has 1 aromatic rings. The maximum absolute atomic E-state index is 10.6. The van der Waals surface area contributed by atoms with Gasteiger partial charge in [0, 0.05) is 29.9 Å². The predicted octanol–water partition coefficient (Wildman–Crippen LogP) is 2.38. The van der Waals surface area contributed by atoms with Gasteiger partial charge in [-0.15, -0.1) is 11.3 Å². The second-order valence-corrected chi connectivity index (χ2v) is 6.36. The Balaban J connectivity index is 1.70. The van der Waals surface area contributed by atoms with E-state index in [1.54, 1.807) is 18.4 Å². The third-order valence-corrected chi connectivity index (χ3v) is 5.15.